The first-order chi connectivity index (χ1) is 15.4. The van der Waals surface area contributed by atoms with Gasteiger partial charge in [0.25, 0.3) is 0 Å². The molecule has 0 unspecified atom stereocenters. The summed E-state index contributed by atoms with van der Waals surface area (Å²) in [6.45, 7) is 3.08. The predicted molar refractivity (Wildman–Crippen MR) is 144 cm³/mol. The molecule has 170 valence electrons. The Bertz CT molecular complexity index is 1180. The van der Waals surface area contributed by atoms with E-state index in [0.29, 0.717) is 14.5 Å². The number of ether oxygens (including phenoxy) is 1. The summed E-state index contributed by atoms with van der Waals surface area (Å²) in [7, 11) is 0. The Balaban J connectivity index is 1.57. The Labute approximate surface area is 202 Å². The number of nitrogen functional groups attached to an aromatic ring is 1. The molecule has 0 aliphatic heterocycles. The van der Waals surface area contributed by atoms with Crippen LogP contribution in [0, 0.1) is 0 Å². The zero-order valence-corrected chi connectivity index (χ0v) is 24.5. The van der Waals surface area contributed by atoms with Crippen molar-refractivity contribution in [2.75, 3.05) is 12.3 Å². The SMILES string of the molecule is CCCCCCCCOc1ccc(-c2[c]([Sn]([CH3])([CH3])[CH3])[se]c3c2[nH]c2cc(N)ccc23)cc1. The minimum absolute atomic E-state index is 0.389. The number of benzene rings is 2. The Morgan fingerprint density at radius 3 is 2.38 bits per heavy atom. The quantitative estimate of drug-likeness (QED) is 0.118. The summed E-state index contributed by atoms with van der Waals surface area (Å²) in [6, 6.07) is 15.1. The van der Waals surface area contributed by atoms with Gasteiger partial charge in [-0.1, -0.05) is 19.8 Å². The fourth-order valence-electron chi connectivity index (χ4n) is 4.33. The number of unbranched alkanes of at least 4 members (excludes halogenated alkanes) is 5. The van der Waals surface area contributed by atoms with Crippen LogP contribution in [0.15, 0.2) is 42.5 Å². The van der Waals surface area contributed by atoms with Crippen LogP contribution < -0.4 is 12.9 Å². The number of hydrogen-bond donors (Lipinski definition) is 2. The van der Waals surface area contributed by atoms with Gasteiger partial charge in [-0.05, 0) is 0 Å². The molecule has 32 heavy (non-hydrogen) atoms. The number of fused-ring (bicyclic) bond motifs is 3. The fraction of sp³-hybridized carbons (Fsp3) is 0.407. The van der Waals surface area contributed by atoms with E-state index >= 15 is 0 Å². The predicted octanol–water partition coefficient (Wildman–Crippen LogP) is 6.91. The van der Waals surface area contributed by atoms with Crippen LogP contribution in [0.1, 0.15) is 45.4 Å². The van der Waals surface area contributed by atoms with Crippen molar-refractivity contribution in [2.24, 2.45) is 0 Å². The van der Waals surface area contributed by atoms with Gasteiger partial charge in [-0.15, -0.1) is 0 Å². The standard InChI is InChI=1S/C24H27N2OSe.3CH3.Sn/c1-2-3-4-5-6-7-14-27-19-11-8-17(9-12-19)21-16-28-24-20-13-10-18(25)15-22(20)26-23(21)24;;;;/h8-13,15,26H,2-7,14,25H2,1H3;3*1H3;. The maximum atomic E-state index is 6.05. The average molecular weight is 602 g/mol. The van der Waals surface area contributed by atoms with Gasteiger partial charge in [0.2, 0.25) is 0 Å². The number of nitrogens with two attached hydrogens (primary N) is 1. The van der Waals surface area contributed by atoms with Crippen molar-refractivity contribution in [3.63, 3.8) is 0 Å². The first-order valence-corrected chi connectivity index (χ1v) is 23.7. The van der Waals surface area contributed by atoms with Gasteiger partial charge >= 0.3 is 184 Å². The zero-order chi connectivity index (χ0) is 22.7. The molecule has 0 bridgehead atoms. The Morgan fingerprint density at radius 2 is 1.66 bits per heavy atom. The number of aromatic nitrogens is 1. The minimum atomic E-state index is -2.26. The summed E-state index contributed by atoms with van der Waals surface area (Å²) < 4.78 is 9.30. The van der Waals surface area contributed by atoms with E-state index in [1.165, 1.54) is 58.4 Å². The second-order valence-corrected chi connectivity index (χ2v) is 28.6. The van der Waals surface area contributed by atoms with Gasteiger partial charge in [-0.25, -0.2) is 0 Å². The van der Waals surface area contributed by atoms with Crippen LogP contribution in [0.25, 0.3) is 31.8 Å². The van der Waals surface area contributed by atoms with Crippen LogP contribution in [0.4, 0.5) is 5.69 Å². The molecule has 0 spiro atoms. The fourth-order valence-corrected chi connectivity index (χ4v) is 16.2. The molecule has 4 rings (SSSR count). The van der Waals surface area contributed by atoms with E-state index in [9.17, 15) is 0 Å². The van der Waals surface area contributed by atoms with Crippen molar-refractivity contribution in [3.8, 4) is 16.9 Å². The Hall–Kier alpha value is -1.36. The van der Waals surface area contributed by atoms with E-state index in [4.69, 9.17) is 10.5 Å². The second kappa shape index (κ2) is 10.3. The van der Waals surface area contributed by atoms with Crippen LogP contribution in [0.2, 0.25) is 14.8 Å². The van der Waals surface area contributed by atoms with Gasteiger partial charge in [0.05, 0.1) is 0 Å². The third-order valence-electron chi connectivity index (χ3n) is 6.05. The van der Waals surface area contributed by atoms with Crippen LogP contribution >= 0.6 is 0 Å². The summed E-state index contributed by atoms with van der Waals surface area (Å²) >= 11 is -1.87. The van der Waals surface area contributed by atoms with Gasteiger partial charge in [-0.3, -0.25) is 0 Å². The molecule has 0 aliphatic rings. The van der Waals surface area contributed by atoms with Gasteiger partial charge in [0, 0.05) is 0 Å². The van der Waals surface area contributed by atoms with Crippen molar-refractivity contribution in [2.45, 2.75) is 60.3 Å². The topological polar surface area (TPSA) is 51.0 Å². The number of aromatic amines is 1. The number of H-pyrrole nitrogens is 1. The molecule has 2 aromatic carbocycles. The zero-order valence-electron chi connectivity index (χ0n) is 19.9. The van der Waals surface area contributed by atoms with Crippen molar-refractivity contribution in [1.82, 2.24) is 4.98 Å². The molecule has 0 amide bonds. The van der Waals surface area contributed by atoms with E-state index in [1.807, 2.05) is 6.07 Å². The van der Waals surface area contributed by atoms with E-state index in [2.05, 4.69) is 63.1 Å². The van der Waals surface area contributed by atoms with Crippen LogP contribution in [-0.2, 0) is 0 Å². The molecule has 0 fully saturated rings. The van der Waals surface area contributed by atoms with Gasteiger partial charge in [0.15, 0.2) is 0 Å². The molecule has 3 nitrogen and oxygen atoms in total. The van der Waals surface area contributed by atoms with Gasteiger partial charge < -0.3 is 0 Å². The van der Waals surface area contributed by atoms with Crippen molar-refractivity contribution < 1.29 is 4.74 Å². The first kappa shape index (κ1) is 23.8. The third-order valence-corrected chi connectivity index (χ3v) is 23.0. The van der Waals surface area contributed by atoms with Crippen LogP contribution in [0.3, 0.4) is 0 Å². The first-order valence-electron chi connectivity index (χ1n) is 12.0. The van der Waals surface area contributed by atoms with Crippen molar-refractivity contribution in [1.29, 1.82) is 0 Å². The number of hydrogen-bond acceptors (Lipinski definition) is 2. The third kappa shape index (κ3) is 5.24. The molecule has 5 heteroatoms. The molecular weight excluding hydrogens is 566 g/mol. The molecule has 0 saturated carbocycles. The summed E-state index contributed by atoms with van der Waals surface area (Å²) in [5, 5.41) is 1.34. The second-order valence-electron chi connectivity index (χ2n) is 9.83. The number of nitrogens with one attached hydrogen (secondary N) is 1. The van der Waals surface area contributed by atoms with E-state index in [1.54, 1.807) is 2.45 Å². The summed E-state index contributed by atoms with van der Waals surface area (Å²) in [4.78, 5) is 11.3. The average Bonchev–Trinajstić information content (AvgIpc) is 3.29. The van der Waals surface area contributed by atoms with E-state index in [0.717, 1.165) is 30.0 Å². The van der Waals surface area contributed by atoms with E-state index in [-0.39, 0.29) is 0 Å². The molecule has 0 aliphatic carbocycles. The maximum absolute atomic E-state index is 6.05. The summed E-state index contributed by atoms with van der Waals surface area (Å²) in [6.07, 6.45) is 7.74. The molecule has 2 heterocycles. The Kier molecular flexibility index (Phi) is 7.64. The van der Waals surface area contributed by atoms with Crippen LogP contribution in [-0.4, -0.2) is 44.5 Å². The van der Waals surface area contributed by atoms with Crippen molar-refractivity contribution >= 4 is 61.7 Å². The molecule has 0 radical (unpaired) electrons. The van der Waals surface area contributed by atoms with Crippen LogP contribution in [0.5, 0.6) is 5.75 Å². The molecule has 4 aromatic rings. The molecule has 3 N–H and O–H groups in total. The molecule has 2 aromatic heterocycles. The van der Waals surface area contributed by atoms with Gasteiger partial charge in [0.1, 0.15) is 0 Å². The van der Waals surface area contributed by atoms with Crippen molar-refractivity contribution in [3.05, 3.63) is 42.5 Å². The Morgan fingerprint density at radius 1 is 0.938 bits per heavy atom. The number of anilines is 1. The molecular formula is C27H36N2OSeSn. The normalized spacial score (nSPS) is 12.1. The van der Waals surface area contributed by atoms with E-state index < -0.39 is 18.4 Å². The summed E-state index contributed by atoms with van der Waals surface area (Å²) in [5.74, 6) is 0.983. The molecule has 0 atom stereocenters. The number of rotatable bonds is 10. The molecule has 0 saturated heterocycles. The van der Waals surface area contributed by atoms with Gasteiger partial charge in [-0.2, -0.15) is 0 Å². The monoisotopic (exact) mass is 604 g/mol. The summed E-state index contributed by atoms with van der Waals surface area (Å²) in [5.41, 5.74) is 12.1.